The van der Waals surface area contributed by atoms with Crippen LogP contribution in [0, 0.1) is 6.92 Å². The van der Waals surface area contributed by atoms with E-state index < -0.39 is 0 Å². The van der Waals surface area contributed by atoms with Crippen LogP contribution in [0.4, 0.5) is 5.82 Å². The van der Waals surface area contributed by atoms with E-state index in [-0.39, 0.29) is 11.9 Å². The highest BCUT2D eigenvalue weighted by molar-refractivity contribution is 5.81. The molecule has 0 radical (unpaired) electrons. The van der Waals surface area contributed by atoms with Crippen LogP contribution in [-0.4, -0.2) is 84.4 Å². The van der Waals surface area contributed by atoms with Crippen molar-refractivity contribution in [2.75, 3.05) is 51.3 Å². The summed E-state index contributed by atoms with van der Waals surface area (Å²) in [4.78, 5) is 19.2. The first-order valence-electron chi connectivity index (χ1n) is 9.20. The first kappa shape index (κ1) is 18.1. The van der Waals surface area contributed by atoms with Gasteiger partial charge >= 0.3 is 0 Å². The van der Waals surface area contributed by atoms with Crippen LogP contribution in [0.25, 0.3) is 0 Å². The molecule has 2 aliphatic rings. The maximum Gasteiger partial charge on any atom is 0.239 e. The molecule has 1 aromatic rings. The number of amides is 1. The fourth-order valence-corrected chi connectivity index (χ4v) is 3.63. The minimum atomic E-state index is -0.0545. The van der Waals surface area contributed by atoms with Crippen LogP contribution in [0.3, 0.4) is 0 Å². The molecule has 1 aromatic heterocycles. The normalized spacial score (nSPS) is 21.2. The smallest absolute Gasteiger partial charge is 0.239 e. The predicted octanol–water partition coefficient (Wildman–Crippen LogP) is 0.933. The average molecular weight is 347 g/mol. The van der Waals surface area contributed by atoms with Gasteiger partial charge in [0.05, 0.1) is 24.9 Å². The number of hydrogen-bond acceptors (Lipinski definition) is 6. The Morgan fingerprint density at radius 1 is 1.20 bits per heavy atom. The van der Waals surface area contributed by atoms with Gasteiger partial charge in [-0.15, -0.1) is 5.10 Å². The highest BCUT2D eigenvalue weighted by Gasteiger charge is 2.31. The number of hydrogen-bond donors (Lipinski definition) is 0. The second-order valence-corrected chi connectivity index (χ2v) is 7.02. The van der Waals surface area contributed by atoms with Gasteiger partial charge < -0.3 is 14.5 Å². The zero-order chi connectivity index (χ0) is 17.8. The number of morpholine rings is 1. The summed E-state index contributed by atoms with van der Waals surface area (Å²) in [5.74, 6) is 1.15. The topological polar surface area (TPSA) is 61.8 Å². The summed E-state index contributed by atoms with van der Waals surface area (Å²) in [7, 11) is 2.07. The molecule has 0 aromatic carbocycles. The Balaban J connectivity index is 1.52. The highest BCUT2D eigenvalue weighted by Crippen LogP contribution is 2.21. The third kappa shape index (κ3) is 4.27. The van der Waals surface area contributed by atoms with Crippen molar-refractivity contribution in [3.05, 3.63) is 17.8 Å². The monoisotopic (exact) mass is 347 g/mol. The van der Waals surface area contributed by atoms with Crippen molar-refractivity contribution < 1.29 is 9.53 Å². The lowest BCUT2D eigenvalue weighted by Crippen LogP contribution is -2.54. The van der Waals surface area contributed by atoms with Gasteiger partial charge in [0, 0.05) is 39.3 Å². The lowest BCUT2D eigenvalue weighted by atomic mass is 10.0. The van der Waals surface area contributed by atoms with Crippen molar-refractivity contribution in [3.8, 4) is 0 Å². The van der Waals surface area contributed by atoms with Crippen molar-refractivity contribution in [1.82, 2.24) is 20.0 Å². The molecule has 0 bridgehead atoms. The average Bonchev–Trinajstić information content (AvgIpc) is 2.67. The summed E-state index contributed by atoms with van der Waals surface area (Å²) in [5.41, 5.74) is 0.926. The number of aryl methyl sites for hydroxylation is 1. The Hall–Kier alpha value is -1.73. The van der Waals surface area contributed by atoms with Crippen molar-refractivity contribution in [2.24, 2.45) is 0 Å². The van der Waals surface area contributed by atoms with E-state index in [0.29, 0.717) is 6.04 Å². The Kier molecular flexibility index (Phi) is 5.86. The maximum atomic E-state index is 12.8. The number of likely N-dealkylation sites (tertiary alicyclic amines) is 1. The van der Waals surface area contributed by atoms with Crippen LogP contribution in [0.2, 0.25) is 0 Å². The second kappa shape index (κ2) is 8.10. The molecule has 7 nitrogen and oxygen atoms in total. The zero-order valence-corrected chi connectivity index (χ0v) is 15.5. The SMILES string of the molecule is Cc1ccc(N(C)C2CCN(C(=O)[C@H](C)N3CCOCC3)CC2)nn1. The molecule has 7 heteroatoms. The van der Waals surface area contributed by atoms with Crippen molar-refractivity contribution in [2.45, 2.75) is 38.8 Å². The summed E-state index contributed by atoms with van der Waals surface area (Å²) in [6.45, 7) is 8.72. The van der Waals surface area contributed by atoms with E-state index in [1.165, 1.54) is 0 Å². The van der Waals surface area contributed by atoms with E-state index >= 15 is 0 Å². The van der Waals surface area contributed by atoms with Crippen LogP contribution in [-0.2, 0) is 9.53 Å². The van der Waals surface area contributed by atoms with Gasteiger partial charge in [-0.05, 0) is 38.8 Å². The van der Waals surface area contributed by atoms with Crippen LogP contribution in [0.15, 0.2) is 12.1 Å². The number of nitrogens with zero attached hydrogens (tertiary/aromatic N) is 5. The summed E-state index contributed by atoms with van der Waals surface area (Å²) in [6.07, 6.45) is 1.93. The molecule has 2 saturated heterocycles. The molecule has 1 atom stereocenters. The first-order chi connectivity index (χ1) is 12.1. The largest absolute Gasteiger partial charge is 0.379 e. The number of rotatable bonds is 4. The lowest BCUT2D eigenvalue weighted by Gasteiger charge is -2.40. The third-order valence-electron chi connectivity index (χ3n) is 5.42. The summed E-state index contributed by atoms with van der Waals surface area (Å²) in [6, 6.07) is 4.35. The van der Waals surface area contributed by atoms with E-state index in [1.807, 2.05) is 30.9 Å². The number of piperidine rings is 1. The summed E-state index contributed by atoms with van der Waals surface area (Å²) in [5, 5.41) is 8.42. The fraction of sp³-hybridized carbons (Fsp3) is 0.722. The Bertz CT molecular complexity index is 565. The van der Waals surface area contributed by atoms with E-state index in [9.17, 15) is 4.79 Å². The molecule has 3 rings (SSSR count). The van der Waals surface area contributed by atoms with Gasteiger partial charge in [-0.3, -0.25) is 9.69 Å². The van der Waals surface area contributed by atoms with Gasteiger partial charge in [-0.2, -0.15) is 5.10 Å². The highest BCUT2D eigenvalue weighted by atomic mass is 16.5. The molecule has 0 N–H and O–H groups in total. The van der Waals surface area contributed by atoms with Gasteiger partial charge in [0.15, 0.2) is 5.82 Å². The molecule has 0 aliphatic carbocycles. The molecule has 0 unspecified atom stereocenters. The Morgan fingerprint density at radius 3 is 2.48 bits per heavy atom. The maximum absolute atomic E-state index is 12.8. The molecular weight excluding hydrogens is 318 g/mol. The van der Waals surface area contributed by atoms with Crippen molar-refractivity contribution >= 4 is 11.7 Å². The summed E-state index contributed by atoms with van der Waals surface area (Å²) >= 11 is 0. The van der Waals surface area contributed by atoms with E-state index in [1.54, 1.807) is 0 Å². The van der Waals surface area contributed by atoms with Crippen molar-refractivity contribution in [3.63, 3.8) is 0 Å². The Labute approximate surface area is 149 Å². The standard InChI is InChI=1S/C18H29N5O2/c1-14-4-5-17(20-19-14)21(3)16-6-8-23(9-7-16)18(24)15(2)22-10-12-25-13-11-22/h4-5,15-16H,6-13H2,1-3H3/t15-/m0/s1. The van der Waals surface area contributed by atoms with Gasteiger partial charge in [0.25, 0.3) is 0 Å². The third-order valence-corrected chi connectivity index (χ3v) is 5.42. The predicted molar refractivity (Wildman–Crippen MR) is 96.6 cm³/mol. The van der Waals surface area contributed by atoms with Crippen LogP contribution in [0.5, 0.6) is 0 Å². The van der Waals surface area contributed by atoms with E-state index in [2.05, 4.69) is 27.0 Å². The Morgan fingerprint density at radius 2 is 1.88 bits per heavy atom. The zero-order valence-electron chi connectivity index (χ0n) is 15.5. The molecule has 2 aliphatic heterocycles. The van der Waals surface area contributed by atoms with Gasteiger partial charge in [0.2, 0.25) is 5.91 Å². The van der Waals surface area contributed by atoms with Crippen LogP contribution >= 0.6 is 0 Å². The van der Waals surface area contributed by atoms with Crippen molar-refractivity contribution in [1.29, 1.82) is 0 Å². The molecule has 0 saturated carbocycles. The molecule has 138 valence electrons. The molecule has 3 heterocycles. The molecule has 2 fully saturated rings. The first-order valence-corrected chi connectivity index (χ1v) is 9.20. The van der Waals surface area contributed by atoms with Crippen LogP contribution in [0.1, 0.15) is 25.5 Å². The summed E-state index contributed by atoms with van der Waals surface area (Å²) < 4.78 is 5.38. The lowest BCUT2D eigenvalue weighted by molar-refractivity contribution is -0.139. The minimum absolute atomic E-state index is 0.0545. The van der Waals surface area contributed by atoms with E-state index in [4.69, 9.17) is 4.74 Å². The molecule has 1 amide bonds. The number of aromatic nitrogens is 2. The molecule has 0 spiro atoms. The second-order valence-electron chi connectivity index (χ2n) is 7.02. The fourth-order valence-electron chi connectivity index (χ4n) is 3.63. The number of ether oxygens (including phenoxy) is 1. The van der Waals surface area contributed by atoms with Crippen LogP contribution < -0.4 is 4.90 Å². The molecule has 25 heavy (non-hydrogen) atoms. The molecular formula is C18H29N5O2. The van der Waals surface area contributed by atoms with Gasteiger partial charge in [-0.25, -0.2) is 0 Å². The minimum Gasteiger partial charge on any atom is -0.379 e. The number of carbonyl (C=O) groups is 1. The van der Waals surface area contributed by atoms with E-state index in [0.717, 1.165) is 63.7 Å². The number of anilines is 1. The van der Waals surface area contributed by atoms with Gasteiger partial charge in [0.1, 0.15) is 0 Å². The van der Waals surface area contributed by atoms with Gasteiger partial charge in [-0.1, -0.05) is 0 Å². The number of carbonyl (C=O) groups excluding carboxylic acids is 1. The quantitative estimate of drug-likeness (QED) is 0.808.